The van der Waals surface area contributed by atoms with Gasteiger partial charge in [0.2, 0.25) is 19.7 Å². The van der Waals surface area contributed by atoms with E-state index in [-0.39, 0.29) is 42.1 Å². The maximum absolute atomic E-state index is 13.5. The van der Waals surface area contributed by atoms with E-state index in [1.54, 1.807) is 36.4 Å². The zero-order valence-electron chi connectivity index (χ0n) is 22.4. The summed E-state index contributed by atoms with van der Waals surface area (Å²) < 4.78 is 57.6. The van der Waals surface area contributed by atoms with Gasteiger partial charge >= 0.3 is 0 Å². The molecule has 214 valence electrons. The Morgan fingerprint density at radius 3 is 1.44 bits per heavy atom. The van der Waals surface area contributed by atoms with Gasteiger partial charge in [-0.25, -0.2) is 37.0 Å². The summed E-state index contributed by atoms with van der Waals surface area (Å²) >= 11 is 4.17. The summed E-state index contributed by atoms with van der Waals surface area (Å²) in [7, 11) is -7.95. The average Bonchev–Trinajstić information content (AvgIpc) is 3.78. The Morgan fingerprint density at radius 1 is 0.667 bits per heavy atom. The molecule has 5 heterocycles. The molecule has 0 bridgehead atoms. The molecule has 0 fully saturated rings. The predicted molar refractivity (Wildman–Crippen MR) is 177 cm³/mol. The van der Waals surface area contributed by atoms with Crippen LogP contribution < -0.4 is 0 Å². The first-order valence-corrected chi connectivity index (χ1v) is 18.2. The smallest absolute Gasteiger partial charge is 0.226 e. The molecule has 7 rings (SSSR count). The Balaban J connectivity index is 1.37. The molecule has 0 aliphatic carbocycles. The fourth-order valence-corrected chi connectivity index (χ4v) is 12.9. The number of nitrogens with zero attached hydrogens (tertiary/aromatic N) is 4. The number of benzene rings is 2. The van der Waals surface area contributed by atoms with Gasteiger partial charge in [0.25, 0.3) is 11.4 Å². The van der Waals surface area contributed by atoms with Crippen molar-refractivity contribution >= 4 is 95.8 Å². The summed E-state index contributed by atoms with van der Waals surface area (Å²) in [6.07, 6.45) is 3.00. The lowest BCUT2D eigenvalue weighted by Crippen LogP contribution is -1.97. The van der Waals surface area contributed by atoms with Crippen LogP contribution in [0.15, 0.2) is 91.7 Å². The minimum atomic E-state index is -3.97. The number of rotatable bonds is 2. The number of fused-ring (bicyclic) bond motifs is 5. The van der Waals surface area contributed by atoms with E-state index in [2.05, 4.69) is 9.69 Å². The highest BCUT2D eigenvalue weighted by atomic mass is 32.2. The molecule has 2 aromatic carbocycles. The lowest BCUT2D eigenvalue weighted by molar-refractivity contribution is 0.603. The van der Waals surface area contributed by atoms with Crippen LogP contribution in [0, 0.1) is 35.8 Å². The Kier molecular flexibility index (Phi) is 6.50. The molecule has 0 radical (unpaired) electrons. The molecule has 0 N–H and O–H groups in total. The number of hydrogen-bond donors (Lipinski definition) is 0. The fourth-order valence-electron chi connectivity index (χ4n) is 5.42. The lowest BCUT2D eigenvalue weighted by Gasteiger charge is -2.01. The first-order valence-electron chi connectivity index (χ1n) is 12.8. The van der Waals surface area contributed by atoms with E-state index in [0.29, 0.717) is 20.9 Å². The van der Waals surface area contributed by atoms with E-state index in [0.717, 1.165) is 18.8 Å². The van der Waals surface area contributed by atoms with Crippen LogP contribution in [0.1, 0.15) is 20.9 Å². The van der Waals surface area contributed by atoms with Gasteiger partial charge in [-0.3, -0.25) is 0 Å². The van der Waals surface area contributed by atoms with Crippen LogP contribution in [0.2, 0.25) is 0 Å². The third kappa shape index (κ3) is 4.15. The maximum atomic E-state index is 13.5. The first kappa shape index (κ1) is 28.6. The highest BCUT2D eigenvalue weighted by Crippen LogP contribution is 2.50. The molecule has 5 aromatic rings. The number of allylic oxidation sites excluding steroid dienone is 4. The molecule has 0 atom stereocenters. The van der Waals surface area contributed by atoms with Crippen molar-refractivity contribution in [2.24, 2.45) is 0 Å². The van der Waals surface area contributed by atoms with Crippen LogP contribution in [-0.4, -0.2) is 16.8 Å². The Bertz CT molecular complexity index is 2500. The maximum Gasteiger partial charge on any atom is 0.270 e. The molecule has 3 aromatic heterocycles. The zero-order valence-corrected chi connectivity index (χ0v) is 26.5. The van der Waals surface area contributed by atoms with Gasteiger partial charge in [-0.1, -0.05) is 36.4 Å². The molecule has 0 spiro atoms. The van der Waals surface area contributed by atoms with E-state index < -0.39 is 19.7 Å². The van der Waals surface area contributed by atoms with Gasteiger partial charge < -0.3 is 0 Å². The summed E-state index contributed by atoms with van der Waals surface area (Å²) in [5, 5.41) is 19.2. The molecule has 0 amide bonds. The second-order valence-electron chi connectivity index (χ2n) is 9.70. The third-order valence-electron chi connectivity index (χ3n) is 7.28. The average molecular weight is 677 g/mol. The molecule has 8 nitrogen and oxygen atoms in total. The molecule has 2 aliphatic heterocycles. The van der Waals surface area contributed by atoms with Gasteiger partial charge in [0.05, 0.1) is 54.3 Å². The zero-order chi connectivity index (χ0) is 31.7. The van der Waals surface area contributed by atoms with Gasteiger partial charge in [0.15, 0.2) is 0 Å². The largest absolute Gasteiger partial charge is 0.270 e. The SMILES string of the molecule is [C-]#[N+]/C(C#N)=C1\C(=C\c2cc3sc4cc(/C=C5/C(=C(\C#N)[N+]#[C-])c6ccccc6S5(=O)=O)sc4c3s2)S(=O)(=O)c2ccccc21. The molecule has 0 unspecified atom stereocenters. The normalized spacial score (nSPS) is 19.9. The van der Waals surface area contributed by atoms with Crippen molar-refractivity contribution in [3.63, 3.8) is 0 Å². The predicted octanol–water partition coefficient (Wildman–Crippen LogP) is 8.14. The summed E-state index contributed by atoms with van der Waals surface area (Å²) in [6.45, 7) is 14.9. The van der Waals surface area contributed by atoms with Crippen molar-refractivity contribution in [1.29, 1.82) is 10.5 Å². The van der Waals surface area contributed by atoms with Crippen LogP contribution in [0.5, 0.6) is 0 Å². The minimum Gasteiger partial charge on any atom is -0.226 e. The monoisotopic (exact) mass is 676 g/mol. The van der Waals surface area contributed by atoms with Crippen molar-refractivity contribution < 1.29 is 16.8 Å². The van der Waals surface area contributed by atoms with Crippen molar-refractivity contribution in [3.8, 4) is 12.1 Å². The van der Waals surface area contributed by atoms with E-state index in [4.69, 9.17) is 13.1 Å². The van der Waals surface area contributed by atoms with E-state index in [1.165, 1.54) is 58.3 Å². The number of thiophene rings is 3. The molecule has 0 saturated heterocycles. The third-order valence-corrected chi connectivity index (χ3v) is 14.6. The van der Waals surface area contributed by atoms with E-state index >= 15 is 0 Å². The second-order valence-corrected chi connectivity index (χ2v) is 16.7. The minimum absolute atomic E-state index is 0.0505. The summed E-state index contributed by atoms with van der Waals surface area (Å²) in [6, 6.07) is 20.0. The van der Waals surface area contributed by atoms with Crippen LogP contribution in [-0.2, 0) is 19.7 Å². The van der Waals surface area contributed by atoms with Crippen LogP contribution >= 0.6 is 34.0 Å². The standard InChI is InChI=1S/C32H12N4O4S5/c1-35-21(15-33)29-19-7-3-5-9-25(19)44(37,38)27(29)13-17-11-23-31(41-17)32-24(43-23)12-18(42-32)14-28-30(22(16-34)36-2)20-8-4-6-10-26(20)45(28,39)40/h3-14H/b27-13-,28-14-,29-21-,30-22+. The second kappa shape index (κ2) is 10.2. The summed E-state index contributed by atoms with van der Waals surface area (Å²) in [5.41, 5.74) is 0.220. The van der Waals surface area contributed by atoms with Crippen molar-refractivity contribution in [2.75, 3.05) is 0 Å². The molecular formula is C32H12N4O4S5. The van der Waals surface area contributed by atoms with Crippen LogP contribution in [0.25, 0.3) is 51.8 Å². The van der Waals surface area contributed by atoms with E-state index in [1.807, 2.05) is 24.3 Å². The van der Waals surface area contributed by atoms with Crippen molar-refractivity contribution in [3.05, 3.63) is 126 Å². The van der Waals surface area contributed by atoms with Gasteiger partial charge in [0.1, 0.15) is 0 Å². The molecular weight excluding hydrogens is 665 g/mol. The summed E-state index contributed by atoms with van der Waals surface area (Å²) in [4.78, 5) is 7.73. The van der Waals surface area contributed by atoms with Gasteiger partial charge in [-0.2, -0.15) is 0 Å². The van der Waals surface area contributed by atoms with E-state index in [9.17, 15) is 27.4 Å². The Labute approximate surface area is 269 Å². The number of hydrogen-bond acceptors (Lipinski definition) is 9. The Hall–Kier alpha value is -5.12. The Morgan fingerprint density at radius 2 is 1.07 bits per heavy atom. The lowest BCUT2D eigenvalue weighted by atomic mass is 10.0. The summed E-state index contributed by atoms with van der Waals surface area (Å²) in [5.74, 6) is 0. The topological polar surface area (TPSA) is 125 Å². The molecule has 13 heteroatoms. The van der Waals surface area contributed by atoms with Crippen LogP contribution in [0.4, 0.5) is 0 Å². The number of sulfone groups is 2. The van der Waals surface area contributed by atoms with Crippen molar-refractivity contribution in [1.82, 2.24) is 0 Å². The fraction of sp³-hybridized carbons (Fsp3) is 0. The quantitative estimate of drug-likeness (QED) is 0.137. The highest BCUT2D eigenvalue weighted by molar-refractivity contribution is 7.97. The molecule has 45 heavy (non-hydrogen) atoms. The van der Waals surface area contributed by atoms with Crippen molar-refractivity contribution in [2.45, 2.75) is 9.79 Å². The number of nitriles is 2. The first-order chi connectivity index (χ1) is 21.6. The van der Waals surface area contributed by atoms with Gasteiger partial charge in [0, 0.05) is 30.3 Å². The molecule has 2 aliphatic rings. The van der Waals surface area contributed by atoms with Gasteiger partial charge in [-0.05, 0) is 47.5 Å². The van der Waals surface area contributed by atoms with Crippen LogP contribution in [0.3, 0.4) is 0 Å². The molecule has 0 saturated carbocycles. The van der Waals surface area contributed by atoms with Gasteiger partial charge in [-0.15, -0.1) is 34.0 Å². The highest BCUT2D eigenvalue weighted by Gasteiger charge is 2.39.